The van der Waals surface area contributed by atoms with E-state index in [2.05, 4.69) is 0 Å². The van der Waals surface area contributed by atoms with Gasteiger partial charge in [-0.3, -0.25) is 4.79 Å². The maximum absolute atomic E-state index is 10.7. The van der Waals surface area contributed by atoms with Crippen LogP contribution in [0, 0.1) is 0 Å². The second-order valence-corrected chi connectivity index (χ2v) is 2.52. The van der Waals surface area contributed by atoms with Gasteiger partial charge in [-0.15, -0.1) is 0 Å². The molecule has 0 atom stereocenters. The zero-order valence-corrected chi connectivity index (χ0v) is 7.04. The van der Waals surface area contributed by atoms with E-state index in [1.165, 1.54) is 0 Å². The first-order chi connectivity index (χ1) is 5.74. The Labute approximate surface area is 124 Å². The fraction of sp³-hybridized carbons (Fsp3) is 0.125. The number of para-hydroxylation sites is 1. The summed E-state index contributed by atoms with van der Waals surface area (Å²) in [6.07, 6.45) is 0. The normalized spacial score (nSPS) is 8.77. The molecule has 0 aliphatic heterocycles. The molecule has 0 radical (unpaired) electrons. The summed E-state index contributed by atoms with van der Waals surface area (Å²) in [6, 6.07) is 6.73. The molecule has 0 aliphatic rings. The van der Waals surface area contributed by atoms with Crippen LogP contribution in [0.15, 0.2) is 24.3 Å². The number of benzene rings is 1. The topological polar surface area (TPSA) is 52.3 Å². The molecule has 0 saturated carbocycles. The molecule has 1 rings (SSSR count). The summed E-state index contributed by atoms with van der Waals surface area (Å²) in [4.78, 5) is 10.7. The average molecular weight is 226 g/mol. The summed E-state index contributed by atoms with van der Waals surface area (Å²) >= 11 is 5.71. The second kappa shape index (κ2) is 6.95. The first kappa shape index (κ1) is 13.6. The summed E-state index contributed by atoms with van der Waals surface area (Å²) in [5.74, 6) is -0.155. The number of hydrogen-bond acceptors (Lipinski definition) is 3. The summed E-state index contributed by atoms with van der Waals surface area (Å²) in [6.45, 7) is -0.148. The molecule has 5 heteroatoms. The molecule has 0 amide bonds. The van der Waals surface area contributed by atoms with Crippen LogP contribution < -0.4 is 10.5 Å². The maximum atomic E-state index is 10.7. The van der Waals surface area contributed by atoms with Gasteiger partial charge in [-0.1, -0.05) is 23.7 Å². The zero-order chi connectivity index (χ0) is 8.97. The van der Waals surface area contributed by atoms with Gasteiger partial charge in [-0.05, 0) is 12.1 Å². The molecule has 0 bridgehead atoms. The Morgan fingerprint density at radius 3 is 2.62 bits per heavy atom. The van der Waals surface area contributed by atoms with Gasteiger partial charge < -0.3 is 10.5 Å². The van der Waals surface area contributed by atoms with Crippen LogP contribution in [0.25, 0.3) is 0 Å². The van der Waals surface area contributed by atoms with Gasteiger partial charge in [0.25, 0.3) is 0 Å². The molecule has 3 nitrogen and oxygen atoms in total. The molecular weight excluding hydrogens is 217 g/mol. The third kappa shape index (κ3) is 4.55. The van der Waals surface area contributed by atoms with E-state index in [4.69, 9.17) is 22.1 Å². The van der Waals surface area contributed by atoms with Crippen molar-refractivity contribution in [2.75, 3.05) is 6.54 Å². The number of ether oxygens (including phenoxy) is 1. The Kier molecular flexibility index (Phi) is 7.25. The van der Waals surface area contributed by atoms with Crippen LogP contribution in [0.4, 0.5) is 0 Å². The second-order valence-electron chi connectivity index (χ2n) is 2.11. The molecule has 66 valence electrons. The van der Waals surface area contributed by atoms with Crippen molar-refractivity contribution in [3.63, 3.8) is 0 Å². The molecule has 0 aromatic heterocycles. The van der Waals surface area contributed by atoms with Crippen LogP contribution in [0.3, 0.4) is 0 Å². The molecule has 0 unspecified atom stereocenters. The van der Waals surface area contributed by atoms with Crippen molar-refractivity contribution in [1.82, 2.24) is 0 Å². The Balaban J connectivity index is 0.00000144. The van der Waals surface area contributed by atoms with Crippen molar-refractivity contribution >= 4 is 69.0 Å². The average Bonchev–Trinajstić information content (AvgIpc) is 2.09. The van der Waals surface area contributed by atoms with Crippen molar-refractivity contribution in [2.45, 2.75) is 0 Å². The molecule has 1 aromatic rings. The molecule has 0 spiro atoms. The number of carbonyl (C=O) groups is 1. The van der Waals surface area contributed by atoms with Gasteiger partial charge in [0.2, 0.25) is 0 Å². The van der Waals surface area contributed by atoms with Crippen LogP contribution in [0.5, 0.6) is 5.75 Å². The van der Waals surface area contributed by atoms with Gasteiger partial charge in [0.1, 0.15) is 5.75 Å². The molecule has 13 heavy (non-hydrogen) atoms. The van der Waals surface area contributed by atoms with Crippen molar-refractivity contribution < 1.29 is 9.53 Å². The van der Waals surface area contributed by atoms with Gasteiger partial charge in [-0.2, -0.15) is 0 Å². The summed E-state index contributed by atoms with van der Waals surface area (Å²) in [7, 11) is 0. The van der Waals surface area contributed by atoms with Crippen LogP contribution in [-0.4, -0.2) is 63.9 Å². The van der Waals surface area contributed by atoms with E-state index in [0.29, 0.717) is 10.8 Å². The molecule has 2 N–H and O–H groups in total. The van der Waals surface area contributed by atoms with E-state index in [9.17, 15) is 4.79 Å². The van der Waals surface area contributed by atoms with E-state index in [-0.39, 0.29) is 57.9 Å². The number of hydrogen-bond donors (Lipinski definition) is 1. The Morgan fingerprint density at radius 1 is 1.46 bits per heavy atom. The number of esters is 1. The van der Waals surface area contributed by atoms with Crippen LogP contribution in [0.2, 0.25) is 5.02 Å². The Morgan fingerprint density at radius 2 is 2.08 bits per heavy atom. The number of carbonyl (C=O) groups excluding carboxylic acids is 1. The summed E-state index contributed by atoms with van der Waals surface area (Å²) in [5, 5.41) is 0.402. The van der Waals surface area contributed by atoms with Gasteiger partial charge >= 0.3 is 57.4 Å². The standard InChI is InChI=1S/C8H8ClNO2.K.H/c9-6-3-1-2-4-7(6)12-8(11)5-10;;/h1-4H,5,10H2;;. The fourth-order valence-electron chi connectivity index (χ4n) is 0.692. The first-order valence-electron chi connectivity index (χ1n) is 3.39. The van der Waals surface area contributed by atoms with E-state index in [1.807, 2.05) is 0 Å². The minimum atomic E-state index is -0.497. The zero-order valence-electron chi connectivity index (χ0n) is 6.29. The Hall–Kier alpha value is 0.576. The van der Waals surface area contributed by atoms with Crippen molar-refractivity contribution in [2.24, 2.45) is 5.73 Å². The summed E-state index contributed by atoms with van der Waals surface area (Å²) in [5.41, 5.74) is 5.05. The predicted octanol–water partition coefficient (Wildman–Crippen LogP) is 0.556. The third-order valence-electron chi connectivity index (χ3n) is 1.23. The van der Waals surface area contributed by atoms with Gasteiger partial charge in [0, 0.05) is 0 Å². The van der Waals surface area contributed by atoms with Gasteiger partial charge in [0.15, 0.2) is 0 Å². The molecule has 0 aliphatic carbocycles. The van der Waals surface area contributed by atoms with Crippen molar-refractivity contribution in [3.8, 4) is 5.75 Å². The van der Waals surface area contributed by atoms with Gasteiger partial charge in [-0.25, -0.2) is 0 Å². The van der Waals surface area contributed by atoms with E-state index >= 15 is 0 Å². The third-order valence-corrected chi connectivity index (χ3v) is 1.54. The van der Waals surface area contributed by atoms with Crippen LogP contribution >= 0.6 is 11.6 Å². The number of halogens is 1. The van der Waals surface area contributed by atoms with Gasteiger partial charge in [0.05, 0.1) is 11.6 Å². The summed E-state index contributed by atoms with van der Waals surface area (Å²) < 4.78 is 4.80. The van der Waals surface area contributed by atoms with E-state index in [0.717, 1.165) is 0 Å². The predicted molar refractivity (Wildman–Crippen MR) is 53.3 cm³/mol. The molecule has 0 fully saturated rings. The van der Waals surface area contributed by atoms with Crippen molar-refractivity contribution in [1.29, 1.82) is 0 Å². The number of nitrogens with two attached hydrogens (primary N) is 1. The fourth-order valence-corrected chi connectivity index (χ4v) is 0.866. The van der Waals surface area contributed by atoms with E-state index < -0.39 is 5.97 Å². The van der Waals surface area contributed by atoms with Crippen LogP contribution in [0.1, 0.15) is 0 Å². The van der Waals surface area contributed by atoms with Crippen molar-refractivity contribution in [3.05, 3.63) is 29.3 Å². The quantitative estimate of drug-likeness (QED) is 0.455. The first-order valence-corrected chi connectivity index (χ1v) is 3.77. The molecular formula is C8H9ClKNO2. The molecule has 0 heterocycles. The number of rotatable bonds is 2. The molecule has 1 aromatic carbocycles. The SMILES string of the molecule is NCC(=O)Oc1ccccc1Cl.[KH]. The van der Waals surface area contributed by atoms with E-state index in [1.54, 1.807) is 24.3 Å². The minimum absolute atomic E-state index is 0. The Bertz CT molecular complexity index is 293. The van der Waals surface area contributed by atoms with Crippen LogP contribution in [-0.2, 0) is 4.79 Å². The molecule has 0 saturated heterocycles. The monoisotopic (exact) mass is 225 g/mol.